The van der Waals surface area contributed by atoms with Crippen molar-refractivity contribution in [3.05, 3.63) is 23.8 Å². The van der Waals surface area contributed by atoms with Gasteiger partial charge in [-0.3, -0.25) is 4.79 Å². The summed E-state index contributed by atoms with van der Waals surface area (Å²) in [5.41, 5.74) is 0.257. The van der Waals surface area contributed by atoms with E-state index in [2.05, 4.69) is 32.2 Å². The molecule has 2 atom stereocenters. The summed E-state index contributed by atoms with van der Waals surface area (Å²) < 4.78 is 11.8. The lowest BCUT2D eigenvalue weighted by molar-refractivity contribution is -0.148. The molecule has 0 aromatic heterocycles. The molecule has 1 aromatic carbocycles. The van der Waals surface area contributed by atoms with Crippen LogP contribution in [0.2, 0.25) is 0 Å². The summed E-state index contributed by atoms with van der Waals surface area (Å²) in [7, 11) is 0. The number of hydrogen-bond donors (Lipinski definition) is 1. The molecule has 148 valence electrons. The van der Waals surface area contributed by atoms with Gasteiger partial charge in [0.05, 0.1) is 12.2 Å². The van der Waals surface area contributed by atoms with E-state index in [1.807, 2.05) is 6.92 Å². The van der Waals surface area contributed by atoms with Gasteiger partial charge in [0, 0.05) is 12.3 Å². The number of nitrogens with zero attached hydrogens (tertiary/aromatic N) is 1. The Balaban J connectivity index is 2.16. The SMILES string of the molecule is CCCO[C@@]1(C(=O)Nc2ccc(OCC(C)C)c(C#N)c2)CCC[C@@H](C)C1. The van der Waals surface area contributed by atoms with Crippen molar-refractivity contribution in [2.75, 3.05) is 18.5 Å². The molecule has 1 aromatic rings. The van der Waals surface area contributed by atoms with Crippen molar-refractivity contribution in [2.24, 2.45) is 11.8 Å². The highest BCUT2D eigenvalue weighted by Gasteiger charge is 2.42. The number of nitriles is 1. The first kappa shape index (κ1) is 21.2. The van der Waals surface area contributed by atoms with Crippen molar-refractivity contribution in [1.82, 2.24) is 0 Å². The number of amides is 1. The van der Waals surface area contributed by atoms with Crippen LogP contribution in [0.1, 0.15) is 65.4 Å². The van der Waals surface area contributed by atoms with Crippen LogP contribution in [0.4, 0.5) is 5.69 Å². The first-order valence-electron chi connectivity index (χ1n) is 10.0. The van der Waals surface area contributed by atoms with Gasteiger partial charge in [0.25, 0.3) is 5.91 Å². The molecule has 27 heavy (non-hydrogen) atoms. The van der Waals surface area contributed by atoms with Crippen molar-refractivity contribution >= 4 is 11.6 Å². The van der Waals surface area contributed by atoms with Gasteiger partial charge in [-0.1, -0.05) is 34.1 Å². The van der Waals surface area contributed by atoms with E-state index in [4.69, 9.17) is 9.47 Å². The van der Waals surface area contributed by atoms with Crippen molar-refractivity contribution in [3.63, 3.8) is 0 Å². The molecule has 1 aliphatic carbocycles. The maximum absolute atomic E-state index is 13.1. The average molecular weight is 373 g/mol. The highest BCUT2D eigenvalue weighted by Crippen LogP contribution is 2.36. The van der Waals surface area contributed by atoms with Crippen LogP contribution in [-0.2, 0) is 9.53 Å². The van der Waals surface area contributed by atoms with Crippen LogP contribution < -0.4 is 10.1 Å². The summed E-state index contributed by atoms with van der Waals surface area (Å²) in [6.07, 6.45) is 4.47. The summed E-state index contributed by atoms with van der Waals surface area (Å²) in [5, 5.41) is 12.4. The highest BCUT2D eigenvalue weighted by atomic mass is 16.5. The molecule has 0 aliphatic heterocycles. The van der Waals surface area contributed by atoms with Gasteiger partial charge in [-0.25, -0.2) is 0 Å². The molecule has 0 radical (unpaired) electrons. The first-order valence-corrected chi connectivity index (χ1v) is 10.0. The van der Waals surface area contributed by atoms with Crippen molar-refractivity contribution < 1.29 is 14.3 Å². The number of hydrogen-bond acceptors (Lipinski definition) is 4. The molecule has 1 fully saturated rings. The number of benzene rings is 1. The van der Waals surface area contributed by atoms with Gasteiger partial charge in [0.1, 0.15) is 17.4 Å². The Hall–Kier alpha value is -2.06. The molecule has 1 N–H and O–H groups in total. The summed E-state index contributed by atoms with van der Waals surface area (Å²) in [5.74, 6) is 1.28. The number of rotatable bonds is 8. The minimum Gasteiger partial charge on any atom is -0.492 e. The molecule has 0 saturated heterocycles. The summed E-state index contributed by atoms with van der Waals surface area (Å²) in [6, 6.07) is 7.37. The second kappa shape index (κ2) is 9.75. The van der Waals surface area contributed by atoms with E-state index in [1.54, 1.807) is 18.2 Å². The summed E-state index contributed by atoms with van der Waals surface area (Å²) >= 11 is 0. The quantitative estimate of drug-likeness (QED) is 0.704. The highest BCUT2D eigenvalue weighted by molar-refractivity contribution is 5.97. The molecular formula is C22H32N2O3. The molecule has 1 amide bonds. The number of ether oxygens (including phenoxy) is 2. The fourth-order valence-corrected chi connectivity index (χ4v) is 3.53. The van der Waals surface area contributed by atoms with E-state index in [0.29, 0.717) is 42.0 Å². The number of nitrogens with one attached hydrogen (secondary N) is 1. The van der Waals surface area contributed by atoms with Gasteiger partial charge in [0.15, 0.2) is 0 Å². The number of anilines is 1. The molecule has 5 heteroatoms. The standard InChI is InChI=1S/C22H32N2O3/c1-5-11-27-22(10-6-7-17(4)13-22)21(25)24-19-8-9-20(18(12-19)14-23)26-15-16(2)3/h8-9,12,16-17H,5-7,10-11,13,15H2,1-4H3,(H,24,25)/t17-,22+/m1/s1. The molecule has 2 rings (SSSR count). The Kier molecular flexibility index (Phi) is 7.67. The predicted octanol–water partition coefficient (Wildman–Crippen LogP) is 4.91. The molecule has 1 saturated carbocycles. The fraction of sp³-hybridized carbons (Fsp3) is 0.636. The lowest BCUT2D eigenvalue weighted by Gasteiger charge is -2.38. The zero-order valence-electron chi connectivity index (χ0n) is 17.0. The molecular weight excluding hydrogens is 340 g/mol. The molecule has 0 unspecified atom stereocenters. The van der Waals surface area contributed by atoms with Crippen LogP contribution in [0, 0.1) is 23.2 Å². The van der Waals surface area contributed by atoms with Crippen LogP contribution in [0.3, 0.4) is 0 Å². The van der Waals surface area contributed by atoms with Crippen molar-refractivity contribution in [1.29, 1.82) is 5.26 Å². The van der Waals surface area contributed by atoms with E-state index >= 15 is 0 Å². The Morgan fingerprint density at radius 3 is 2.85 bits per heavy atom. The van der Waals surface area contributed by atoms with Gasteiger partial charge < -0.3 is 14.8 Å². The lowest BCUT2D eigenvalue weighted by atomic mass is 9.78. The van der Waals surface area contributed by atoms with Crippen LogP contribution in [0.25, 0.3) is 0 Å². The van der Waals surface area contributed by atoms with E-state index in [9.17, 15) is 10.1 Å². The van der Waals surface area contributed by atoms with E-state index in [1.165, 1.54) is 0 Å². The molecule has 5 nitrogen and oxygen atoms in total. The minimum absolute atomic E-state index is 0.109. The summed E-state index contributed by atoms with van der Waals surface area (Å²) in [6.45, 7) is 9.46. The van der Waals surface area contributed by atoms with Gasteiger partial charge in [-0.2, -0.15) is 5.26 Å². The van der Waals surface area contributed by atoms with Gasteiger partial charge >= 0.3 is 0 Å². The van der Waals surface area contributed by atoms with Gasteiger partial charge in [-0.05, 0) is 55.7 Å². The van der Waals surface area contributed by atoms with E-state index < -0.39 is 5.60 Å². The lowest BCUT2D eigenvalue weighted by Crippen LogP contribution is -2.48. The van der Waals surface area contributed by atoms with E-state index in [0.717, 1.165) is 32.1 Å². The number of carbonyl (C=O) groups excluding carboxylic acids is 1. The molecule has 0 spiro atoms. The average Bonchev–Trinajstić information content (AvgIpc) is 2.65. The Morgan fingerprint density at radius 1 is 1.44 bits per heavy atom. The van der Waals surface area contributed by atoms with E-state index in [-0.39, 0.29) is 5.91 Å². The predicted molar refractivity (Wildman–Crippen MR) is 107 cm³/mol. The maximum Gasteiger partial charge on any atom is 0.256 e. The topological polar surface area (TPSA) is 71.3 Å². The van der Waals surface area contributed by atoms with Crippen molar-refractivity contribution in [3.8, 4) is 11.8 Å². The monoisotopic (exact) mass is 372 g/mol. The zero-order chi connectivity index (χ0) is 19.9. The number of carbonyl (C=O) groups is 1. The molecule has 0 bridgehead atoms. The maximum atomic E-state index is 13.1. The first-order chi connectivity index (χ1) is 12.9. The zero-order valence-corrected chi connectivity index (χ0v) is 17.0. The second-order valence-corrected chi connectivity index (χ2v) is 8.03. The van der Waals surface area contributed by atoms with Crippen LogP contribution >= 0.6 is 0 Å². The van der Waals surface area contributed by atoms with Crippen LogP contribution in [-0.4, -0.2) is 24.7 Å². The second-order valence-electron chi connectivity index (χ2n) is 8.03. The Labute approximate surface area is 163 Å². The molecule has 0 heterocycles. The summed E-state index contributed by atoms with van der Waals surface area (Å²) in [4.78, 5) is 13.1. The van der Waals surface area contributed by atoms with Crippen LogP contribution in [0.5, 0.6) is 5.75 Å². The third-order valence-corrected chi connectivity index (χ3v) is 4.88. The normalized spacial score (nSPS) is 22.3. The molecule has 1 aliphatic rings. The fourth-order valence-electron chi connectivity index (χ4n) is 3.53. The van der Waals surface area contributed by atoms with Gasteiger partial charge in [0.2, 0.25) is 0 Å². The third-order valence-electron chi connectivity index (χ3n) is 4.88. The minimum atomic E-state index is -0.771. The third kappa shape index (κ3) is 5.71. The van der Waals surface area contributed by atoms with Crippen LogP contribution in [0.15, 0.2) is 18.2 Å². The largest absolute Gasteiger partial charge is 0.492 e. The Morgan fingerprint density at radius 2 is 2.22 bits per heavy atom. The Bertz CT molecular complexity index is 681. The van der Waals surface area contributed by atoms with Crippen molar-refractivity contribution in [2.45, 2.75) is 65.4 Å². The van der Waals surface area contributed by atoms with Gasteiger partial charge in [-0.15, -0.1) is 0 Å². The smallest absolute Gasteiger partial charge is 0.256 e.